The lowest BCUT2D eigenvalue weighted by Crippen LogP contribution is -2.28. The van der Waals surface area contributed by atoms with Crippen LogP contribution in [0.4, 0.5) is 4.39 Å². The van der Waals surface area contributed by atoms with Crippen molar-refractivity contribution in [2.75, 3.05) is 23.8 Å². The van der Waals surface area contributed by atoms with E-state index in [-0.39, 0.29) is 5.82 Å². The lowest BCUT2D eigenvalue weighted by molar-refractivity contribution is 0.627. The maximum Gasteiger partial charge on any atom is 0.123 e. The number of rotatable bonds is 5. The molecule has 0 spiro atoms. The van der Waals surface area contributed by atoms with Crippen LogP contribution in [-0.2, 0) is 6.54 Å². The van der Waals surface area contributed by atoms with Gasteiger partial charge in [-0.25, -0.2) is 9.07 Å². The highest BCUT2D eigenvalue weighted by atomic mass is 32.2. The van der Waals surface area contributed by atoms with Crippen LogP contribution in [0.3, 0.4) is 0 Å². The number of hydrogen-bond donors (Lipinski definition) is 1. The fourth-order valence-corrected chi connectivity index (χ4v) is 4.86. The van der Waals surface area contributed by atoms with Gasteiger partial charge in [0, 0.05) is 47.4 Å². The van der Waals surface area contributed by atoms with Crippen molar-refractivity contribution in [1.29, 1.82) is 0 Å². The molecule has 0 bridgehead atoms. The van der Waals surface area contributed by atoms with E-state index in [1.165, 1.54) is 29.4 Å². The van der Waals surface area contributed by atoms with Gasteiger partial charge in [-0.3, -0.25) is 0 Å². The molecule has 1 aromatic carbocycles. The van der Waals surface area contributed by atoms with Gasteiger partial charge in [-0.05, 0) is 24.3 Å². The standard InChI is InChI=1S/C15H18FN3S2/c16-13-1-3-14(4-2-13)19-10-12(8-18-19)7-17-9-15-11-20-5-6-21-15/h1-4,8,10,15,17H,5-7,9,11H2/t15-/m0/s1. The van der Waals surface area contributed by atoms with Crippen LogP contribution in [-0.4, -0.2) is 38.8 Å². The lowest BCUT2D eigenvalue weighted by atomic mass is 10.3. The van der Waals surface area contributed by atoms with Gasteiger partial charge in [-0.2, -0.15) is 28.6 Å². The van der Waals surface area contributed by atoms with E-state index in [9.17, 15) is 4.39 Å². The van der Waals surface area contributed by atoms with E-state index in [0.717, 1.165) is 29.6 Å². The zero-order valence-electron chi connectivity index (χ0n) is 11.7. The summed E-state index contributed by atoms with van der Waals surface area (Å²) >= 11 is 4.11. The van der Waals surface area contributed by atoms with Gasteiger partial charge in [0.15, 0.2) is 0 Å². The molecule has 6 heteroatoms. The van der Waals surface area contributed by atoms with Crippen molar-refractivity contribution < 1.29 is 4.39 Å². The fraction of sp³-hybridized carbons (Fsp3) is 0.400. The Kier molecular flexibility index (Phi) is 5.22. The predicted octanol–water partition coefficient (Wildman–Crippen LogP) is 2.95. The van der Waals surface area contributed by atoms with Crippen molar-refractivity contribution in [3.8, 4) is 5.69 Å². The van der Waals surface area contributed by atoms with Crippen molar-refractivity contribution in [2.24, 2.45) is 0 Å². The molecule has 21 heavy (non-hydrogen) atoms. The van der Waals surface area contributed by atoms with Crippen LogP contribution in [0.2, 0.25) is 0 Å². The molecule has 0 aliphatic carbocycles. The molecule has 3 rings (SSSR count). The average molecular weight is 323 g/mol. The Morgan fingerprint density at radius 2 is 2.14 bits per heavy atom. The number of thioether (sulfide) groups is 2. The van der Waals surface area contributed by atoms with E-state index in [0.29, 0.717) is 0 Å². The topological polar surface area (TPSA) is 29.9 Å². The van der Waals surface area contributed by atoms with Crippen LogP contribution in [0, 0.1) is 5.82 Å². The minimum Gasteiger partial charge on any atom is -0.311 e. The smallest absolute Gasteiger partial charge is 0.123 e. The van der Waals surface area contributed by atoms with Crippen molar-refractivity contribution in [3.63, 3.8) is 0 Å². The average Bonchev–Trinajstić information content (AvgIpc) is 2.98. The van der Waals surface area contributed by atoms with E-state index in [1.54, 1.807) is 16.8 Å². The SMILES string of the molecule is Fc1ccc(-n2cc(CNC[C@H]3CSCCS3)cn2)cc1. The Hall–Kier alpha value is -0.980. The van der Waals surface area contributed by atoms with Gasteiger partial charge < -0.3 is 5.32 Å². The molecule has 1 aliphatic heterocycles. The number of halogens is 1. The van der Waals surface area contributed by atoms with Crippen molar-refractivity contribution in [3.05, 3.63) is 48.0 Å². The molecular formula is C15H18FN3S2. The molecule has 0 saturated carbocycles. The third-order valence-electron chi connectivity index (χ3n) is 3.31. The van der Waals surface area contributed by atoms with Gasteiger partial charge in [0.25, 0.3) is 0 Å². The van der Waals surface area contributed by atoms with Crippen LogP contribution in [0.1, 0.15) is 5.56 Å². The van der Waals surface area contributed by atoms with Gasteiger partial charge in [0.05, 0.1) is 11.9 Å². The molecule has 1 N–H and O–H groups in total. The first kappa shape index (κ1) is 14.9. The normalized spacial score (nSPS) is 18.8. The van der Waals surface area contributed by atoms with Gasteiger partial charge in [0.2, 0.25) is 0 Å². The number of benzene rings is 1. The van der Waals surface area contributed by atoms with Gasteiger partial charge in [0.1, 0.15) is 5.82 Å². The fourth-order valence-electron chi connectivity index (χ4n) is 2.22. The molecule has 1 fully saturated rings. The zero-order valence-corrected chi connectivity index (χ0v) is 13.3. The van der Waals surface area contributed by atoms with Gasteiger partial charge in [-0.1, -0.05) is 0 Å². The Morgan fingerprint density at radius 3 is 2.90 bits per heavy atom. The highest BCUT2D eigenvalue weighted by molar-refractivity contribution is 8.06. The Labute approximate surface area is 132 Å². The van der Waals surface area contributed by atoms with Crippen LogP contribution < -0.4 is 5.32 Å². The summed E-state index contributed by atoms with van der Waals surface area (Å²) in [5, 5.41) is 8.54. The quantitative estimate of drug-likeness (QED) is 0.916. The second kappa shape index (κ2) is 7.33. The monoisotopic (exact) mass is 323 g/mol. The number of aromatic nitrogens is 2. The molecule has 1 aliphatic rings. The minimum atomic E-state index is -0.226. The minimum absolute atomic E-state index is 0.226. The summed E-state index contributed by atoms with van der Waals surface area (Å²) in [6.45, 7) is 1.86. The van der Waals surface area contributed by atoms with Crippen LogP contribution in [0.5, 0.6) is 0 Å². The first-order chi connectivity index (χ1) is 10.3. The first-order valence-electron chi connectivity index (χ1n) is 7.01. The van der Waals surface area contributed by atoms with E-state index < -0.39 is 0 Å². The van der Waals surface area contributed by atoms with Crippen molar-refractivity contribution in [1.82, 2.24) is 15.1 Å². The summed E-state index contributed by atoms with van der Waals surface area (Å²) in [6.07, 6.45) is 3.85. The lowest BCUT2D eigenvalue weighted by Gasteiger charge is -2.20. The molecule has 0 amide bonds. The van der Waals surface area contributed by atoms with Crippen molar-refractivity contribution >= 4 is 23.5 Å². The summed E-state index contributed by atoms with van der Waals surface area (Å²) in [7, 11) is 0. The summed E-state index contributed by atoms with van der Waals surface area (Å²) < 4.78 is 14.7. The number of hydrogen-bond acceptors (Lipinski definition) is 4. The third-order valence-corrected chi connectivity index (χ3v) is 6.16. The molecule has 2 heterocycles. The molecule has 1 saturated heterocycles. The molecule has 0 unspecified atom stereocenters. The molecule has 0 radical (unpaired) electrons. The van der Waals surface area contributed by atoms with Crippen molar-refractivity contribution in [2.45, 2.75) is 11.8 Å². The Balaban J connectivity index is 1.51. The van der Waals surface area contributed by atoms with Crippen LogP contribution >= 0.6 is 23.5 Å². The Morgan fingerprint density at radius 1 is 1.29 bits per heavy atom. The third kappa shape index (κ3) is 4.25. The van der Waals surface area contributed by atoms with Gasteiger partial charge in [-0.15, -0.1) is 0 Å². The second-order valence-electron chi connectivity index (χ2n) is 4.97. The first-order valence-corrected chi connectivity index (χ1v) is 9.21. The maximum absolute atomic E-state index is 12.9. The molecule has 2 aromatic rings. The summed E-state index contributed by atoms with van der Waals surface area (Å²) in [5.41, 5.74) is 2.02. The van der Waals surface area contributed by atoms with Gasteiger partial charge >= 0.3 is 0 Å². The summed E-state index contributed by atoms with van der Waals surface area (Å²) in [4.78, 5) is 0. The van der Waals surface area contributed by atoms with E-state index in [2.05, 4.69) is 22.2 Å². The highest BCUT2D eigenvalue weighted by Crippen LogP contribution is 2.23. The summed E-state index contributed by atoms with van der Waals surface area (Å²) in [5.74, 6) is 3.56. The number of nitrogens with one attached hydrogen (secondary N) is 1. The molecule has 1 aromatic heterocycles. The van der Waals surface area contributed by atoms with Crippen LogP contribution in [0.25, 0.3) is 5.69 Å². The summed E-state index contributed by atoms with van der Waals surface area (Å²) in [6, 6.07) is 6.37. The van der Waals surface area contributed by atoms with E-state index >= 15 is 0 Å². The van der Waals surface area contributed by atoms with E-state index in [1.807, 2.05) is 24.2 Å². The molecular weight excluding hydrogens is 305 g/mol. The molecule has 112 valence electrons. The molecule has 1 atom stereocenters. The Bertz CT molecular complexity index is 565. The largest absolute Gasteiger partial charge is 0.311 e. The highest BCUT2D eigenvalue weighted by Gasteiger charge is 2.13. The number of nitrogens with zero attached hydrogens (tertiary/aromatic N) is 2. The van der Waals surface area contributed by atoms with Crippen LogP contribution in [0.15, 0.2) is 36.7 Å². The predicted molar refractivity (Wildman–Crippen MR) is 88.8 cm³/mol. The zero-order chi connectivity index (χ0) is 14.5. The second-order valence-corrected chi connectivity index (χ2v) is 7.53. The van der Waals surface area contributed by atoms with E-state index in [4.69, 9.17) is 0 Å². The molecule has 3 nitrogen and oxygen atoms in total. The maximum atomic E-state index is 12.9.